The molecule has 0 aliphatic carbocycles. The smallest absolute Gasteiger partial charge is 0.322 e. The van der Waals surface area contributed by atoms with Crippen molar-refractivity contribution in [3.8, 4) is 11.5 Å². The van der Waals surface area contributed by atoms with Gasteiger partial charge in [-0.25, -0.2) is 8.42 Å². The minimum Gasteiger partial charge on any atom is -0.403 e. The van der Waals surface area contributed by atoms with Gasteiger partial charge in [0.2, 0.25) is 5.89 Å². The van der Waals surface area contributed by atoms with Gasteiger partial charge in [0.25, 0.3) is 5.91 Å². The Morgan fingerprint density at radius 2 is 1.73 bits per heavy atom. The molecule has 8 heteroatoms. The van der Waals surface area contributed by atoms with Crippen molar-refractivity contribution in [1.29, 1.82) is 0 Å². The fourth-order valence-electron chi connectivity index (χ4n) is 2.12. The highest BCUT2D eigenvalue weighted by Gasteiger charge is 2.12. The lowest BCUT2D eigenvalue weighted by Gasteiger charge is -1.99. The first-order valence-electron chi connectivity index (χ1n) is 7.60. The van der Waals surface area contributed by atoms with Crippen LogP contribution in [-0.2, 0) is 14.6 Å². The SMILES string of the molecule is CS(=O)(=O)c1ccc(-c2nnc(NC(=O)/C=C/c3ccccc3)o2)cc1. The van der Waals surface area contributed by atoms with Gasteiger partial charge in [-0.2, -0.15) is 0 Å². The molecule has 0 spiro atoms. The molecule has 0 saturated heterocycles. The lowest BCUT2D eigenvalue weighted by molar-refractivity contribution is -0.112. The molecule has 26 heavy (non-hydrogen) atoms. The van der Waals surface area contributed by atoms with E-state index in [1.165, 1.54) is 18.2 Å². The number of nitrogens with one attached hydrogen (secondary N) is 1. The van der Waals surface area contributed by atoms with Gasteiger partial charge in [-0.1, -0.05) is 35.4 Å². The van der Waals surface area contributed by atoms with E-state index >= 15 is 0 Å². The number of hydrogen-bond donors (Lipinski definition) is 1. The maximum absolute atomic E-state index is 11.9. The molecule has 1 heterocycles. The highest BCUT2D eigenvalue weighted by Crippen LogP contribution is 2.21. The molecule has 0 unspecified atom stereocenters. The number of amides is 1. The van der Waals surface area contributed by atoms with E-state index in [1.54, 1.807) is 18.2 Å². The molecule has 1 amide bonds. The van der Waals surface area contributed by atoms with Gasteiger partial charge < -0.3 is 4.42 Å². The van der Waals surface area contributed by atoms with Gasteiger partial charge in [-0.3, -0.25) is 10.1 Å². The van der Waals surface area contributed by atoms with Crippen LogP contribution >= 0.6 is 0 Å². The van der Waals surface area contributed by atoms with E-state index in [0.29, 0.717) is 5.56 Å². The molecular formula is C18H15N3O4S. The Morgan fingerprint density at radius 3 is 2.38 bits per heavy atom. The van der Waals surface area contributed by atoms with Gasteiger partial charge in [0.1, 0.15) is 0 Å². The van der Waals surface area contributed by atoms with E-state index in [-0.39, 0.29) is 16.8 Å². The molecule has 0 radical (unpaired) electrons. The van der Waals surface area contributed by atoms with E-state index in [2.05, 4.69) is 15.5 Å². The Bertz CT molecular complexity index is 1040. The molecule has 0 fully saturated rings. The van der Waals surface area contributed by atoms with Crippen molar-refractivity contribution in [3.05, 3.63) is 66.2 Å². The third kappa shape index (κ3) is 4.42. The highest BCUT2D eigenvalue weighted by atomic mass is 32.2. The maximum atomic E-state index is 11.9. The van der Waals surface area contributed by atoms with E-state index in [4.69, 9.17) is 4.42 Å². The molecule has 0 aliphatic heterocycles. The molecule has 0 saturated carbocycles. The highest BCUT2D eigenvalue weighted by molar-refractivity contribution is 7.90. The monoisotopic (exact) mass is 369 g/mol. The lowest BCUT2D eigenvalue weighted by Crippen LogP contribution is -2.07. The van der Waals surface area contributed by atoms with Gasteiger partial charge in [0.15, 0.2) is 9.84 Å². The van der Waals surface area contributed by atoms with Crippen molar-refractivity contribution in [3.63, 3.8) is 0 Å². The number of hydrogen-bond acceptors (Lipinski definition) is 6. The molecule has 3 rings (SSSR count). The van der Waals surface area contributed by atoms with Crippen molar-refractivity contribution in [2.45, 2.75) is 4.90 Å². The Kier molecular flexibility index (Phi) is 4.94. The number of nitrogens with zero attached hydrogens (tertiary/aromatic N) is 2. The van der Waals surface area contributed by atoms with Crippen LogP contribution in [-0.4, -0.2) is 30.8 Å². The van der Waals surface area contributed by atoms with Crippen LogP contribution in [0.5, 0.6) is 0 Å². The molecule has 0 aliphatic rings. The molecule has 1 aromatic heterocycles. The van der Waals surface area contributed by atoms with Gasteiger partial charge in [-0.05, 0) is 35.9 Å². The molecule has 0 bridgehead atoms. The minimum atomic E-state index is -3.27. The number of aromatic nitrogens is 2. The number of carbonyl (C=O) groups excluding carboxylic acids is 1. The second kappa shape index (κ2) is 7.32. The summed E-state index contributed by atoms with van der Waals surface area (Å²) in [5.74, 6) is -0.233. The van der Waals surface area contributed by atoms with Gasteiger partial charge in [-0.15, -0.1) is 5.10 Å². The van der Waals surface area contributed by atoms with Gasteiger partial charge >= 0.3 is 6.01 Å². The third-order valence-electron chi connectivity index (χ3n) is 3.41. The summed E-state index contributed by atoms with van der Waals surface area (Å²) in [5.41, 5.74) is 1.44. The van der Waals surface area contributed by atoms with Crippen LogP contribution in [0, 0.1) is 0 Å². The first kappa shape index (κ1) is 17.6. The zero-order valence-electron chi connectivity index (χ0n) is 13.8. The third-order valence-corrected chi connectivity index (χ3v) is 4.54. The fourth-order valence-corrected chi connectivity index (χ4v) is 2.75. The molecule has 1 N–H and O–H groups in total. The fraction of sp³-hybridized carbons (Fsp3) is 0.0556. The van der Waals surface area contributed by atoms with Crippen molar-refractivity contribution < 1.29 is 17.6 Å². The normalized spacial score (nSPS) is 11.6. The summed E-state index contributed by atoms with van der Waals surface area (Å²) in [7, 11) is -3.27. The second-order valence-corrected chi connectivity index (χ2v) is 7.46. The zero-order chi connectivity index (χ0) is 18.6. The second-order valence-electron chi connectivity index (χ2n) is 5.44. The predicted octanol–water partition coefficient (Wildman–Crippen LogP) is 2.79. The average molecular weight is 369 g/mol. The van der Waals surface area contributed by atoms with E-state index in [9.17, 15) is 13.2 Å². The maximum Gasteiger partial charge on any atom is 0.322 e. The van der Waals surface area contributed by atoms with Crippen LogP contribution in [0.25, 0.3) is 17.5 Å². The largest absolute Gasteiger partial charge is 0.403 e. The van der Waals surface area contributed by atoms with Crippen molar-refractivity contribution >= 4 is 27.8 Å². The summed E-state index contributed by atoms with van der Waals surface area (Å²) >= 11 is 0. The predicted molar refractivity (Wildman–Crippen MR) is 96.9 cm³/mol. The topological polar surface area (TPSA) is 102 Å². The van der Waals surface area contributed by atoms with Crippen molar-refractivity contribution in [2.24, 2.45) is 0 Å². The first-order chi connectivity index (χ1) is 12.4. The van der Waals surface area contributed by atoms with Crippen LogP contribution in [0.4, 0.5) is 6.01 Å². The van der Waals surface area contributed by atoms with Crippen molar-refractivity contribution in [1.82, 2.24) is 10.2 Å². The summed E-state index contributed by atoms with van der Waals surface area (Å²) in [6.07, 6.45) is 4.15. The minimum absolute atomic E-state index is 0.0464. The van der Waals surface area contributed by atoms with E-state index < -0.39 is 15.7 Å². The zero-order valence-corrected chi connectivity index (χ0v) is 14.6. The lowest BCUT2D eigenvalue weighted by atomic mass is 10.2. The Hall–Kier alpha value is -3.26. The standard InChI is InChI=1S/C18H15N3O4S/c1-26(23,24)15-10-8-14(9-11-15)17-20-21-18(25-17)19-16(22)12-7-13-5-3-2-4-6-13/h2-12H,1H3,(H,19,21,22)/b12-7+. The number of benzene rings is 2. The number of rotatable bonds is 5. The molecule has 3 aromatic rings. The summed E-state index contributed by atoms with van der Waals surface area (Å²) in [6, 6.07) is 15.4. The van der Waals surface area contributed by atoms with Gasteiger partial charge in [0.05, 0.1) is 4.90 Å². The molecule has 2 aromatic carbocycles. The molecule has 132 valence electrons. The Balaban J connectivity index is 1.68. The van der Waals surface area contributed by atoms with Crippen LogP contribution in [0.1, 0.15) is 5.56 Å². The number of anilines is 1. The molecule has 0 atom stereocenters. The van der Waals surface area contributed by atoms with Crippen LogP contribution in [0.2, 0.25) is 0 Å². The van der Waals surface area contributed by atoms with Crippen LogP contribution in [0.3, 0.4) is 0 Å². The first-order valence-corrected chi connectivity index (χ1v) is 9.49. The summed E-state index contributed by atoms with van der Waals surface area (Å²) in [5, 5.41) is 10.1. The Labute approximate surface area is 150 Å². The quantitative estimate of drug-likeness (QED) is 0.694. The average Bonchev–Trinajstić information content (AvgIpc) is 3.09. The number of sulfone groups is 1. The van der Waals surface area contributed by atoms with Gasteiger partial charge in [0, 0.05) is 17.9 Å². The molecular weight excluding hydrogens is 354 g/mol. The van der Waals surface area contributed by atoms with Crippen LogP contribution in [0.15, 0.2) is 70.0 Å². The van der Waals surface area contributed by atoms with Crippen molar-refractivity contribution in [2.75, 3.05) is 11.6 Å². The van der Waals surface area contributed by atoms with E-state index in [0.717, 1.165) is 11.8 Å². The van der Waals surface area contributed by atoms with E-state index in [1.807, 2.05) is 30.3 Å². The molecule has 7 nitrogen and oxygen atoms in total. The summed E-state index contributed by atoms with van der Waals surface area (Å²) in [4.78, 5) is 12.1. The summed E-state index contributed by atoms with van der Waals surface area (Å²) < 4.78 is 28.3. The Morgan fingerprint density at radius 1 is 1.04 bits per heavy atom. The number of carbonyl (C=O) groups is 1. The van der Waals surface area contributed by atoms with Crippen LogP contribution < -0.4 is 5.32 Å². The summed E-state index contributed by atoms with van der Waals surface area (Å²) in [6.45, 7) is 0.